The van der Waals surface area contributed by atoms with Crippen LogP contribution in [0.25, 0.3) is 11.3 Å². The number of pyridine rings is 1. The molecule has 3 rings (SSSR count). The van der Waals surface area contributed by atoms with Gasteiger partial charge < -0.3 is 14.3 Å². The zero-order valence-electron chi connectivity index (χ0n) is 11.4. The Kier molecular flexibility index (Phi) is 3.82. The Morgan fingerprint density at radius 3 is 2.76 bits per heavy atom. The molecular weight excluding hydrogens is 266 g/mol. The van der Waals surface area contributed by atoms with Gasteiger partial charge in [0.25, 0.3) is 0 Å². The van der Waals surface area contributed by atoms with Gasteiger partial charge in [0.2, 0.25) is 5.91 Å². The lowest BCUT2D eigenvalue weighted by Gasteiger charge is -2.06. The molecule has 0 aliphatic carbocycles. The number of hydrogen-bond acceptors (Lipinski definition) is 3. The summed E-state index contributed by atoms with van der Waals surface area (Å²) in [5.74, 6) is -0.0230. The molecule has 1 N–H and O–H groups in total. The molecule has 0 fully saturated rings. The molecule has 3 aromatic heterocycles. The minimum absolute atomic E-state index is 0.0230. The van der Waals surface area contributed by atoms with Crippen LogP contribution in [0.2, 0.25) is 0 Å². The lowest BCUT2D eigenvalue weighted by atomic mass is 10.2. The van der Waals surface area contributed by atoms with Gasteiger partial charge in [0.15, 0.2) is 0 Å². The van der Waals surface area contributed by atoms with Crippen molar-refractivity contribution in [1.29, 1.82) is 0 Å². The molecular formula is C16H15N3O2. The second-order valence-electron chi connectivity index (χ2n) is 4.70. The van der Waals surface area contributed by atoms with Crippen LogP contribution in [0.15, 0.2) is 65.9 Å². The molecule has 0 atom stereocenters. The summed E-state index contributed by atoms with van der Waals surface area (Å²) in [4.78, 5) is 16.1. The van der Waals surface area contributed by atoms with Crippen LogP contribution in [0.5, 0.6) is 0 Å². The van der Waals surface area contributed by atoms with Gasteiger partial charge in [-0.15, -0.1) is 0 Å². The maximum atomic E-state index is 11.8. The van der Waals surface area contributed by atoms with Crippen molar-refractivity contribution in [3.05, 3.63) is 67.0 Å². The first-order valence-corrected chi connectivity index (χ1v) is 6.66. The molecule has 0 aliphatic rings. The van der Waals surface area contributed by atoms with Crippen LogP contribution in [0.3, 0.4) is 0 Å². The van der Waals surface area contributed by atoms with Gasteiger partial charge in [-0.05, 0) is 29.8 Å². The highest BCUT2D eigenvalue weighted by Crippen LogP contribution is 2.16. The number of carbonyl (C=O) groups excluding carboxylic acids is 1. The third-order valence-electron chi connectivity index (χ3n) is 3.12. The smallest absolute Gasteiger partial charge is 0.240 e. The molecule has 0 saturated heterocycles. The quantitative estimate of drug-likeness (QED) is 0.781. The maximum absolute atomic E-state index is 11.8. The highest BCUT2D eigenvalue weighted by Gasteiger charge is 2.04. The second kappa shape index (κ2) is 6.09. The summed E-state index contributed by atoms with van der Waals surface area (Å²) in [5.41, 5.74) is 2.76. The zero-order valence-corrected chi connectivity index (χ0v) is 11.4. The van der Waals surface area contributed by atoms with Crippen LogP contribution in [0, 0.1) is 0 Å². The molecule has 21 heavy (non-hydrogen) atoms. The molecule has 0 saturated carbocycles. The molecule has 0 bridgehead atoms. The van der Waals surface area contributed by atoms with Crippen molar-refractivity contribution in [2.45, 2.75) is 13.1 Å². The van der Waals surface area contributed by atoms with Crippen LogP contribution < -0.4 is 5.32 Å². The van der Waals surface area contributed by atoms with E-state index in [1.165, 1.54) is 0 Å². The van der Waals surface area contributed by atoms with E-state index in [4.69, 9.17) is 4.42 Å². The van der Waals surface area contributed by atoms with Crippen molar-refractivity contribution >= 4 is 5.91 Å². The average Bonchev–Trinajstić information content (AvgIpc) is 3.19. The summed E-state index contributed by atoms with van der Waals surface area (Å²) in [6.45, 7) is 0.798. The Balaban J connectivity index is 1.55. The molecule has 0 spiro atoms. The predicted octanol–water partition coefficient (Wildman–Crippen LogP) is 2.46. The highest BCUT2D eigenvalue weighted by atomic mass is 16.3. The number of aromatic nitrogens is 2. The fraction of sp³-hybridized carbons (Fsp3) is 0.125. The first-order chi connectivity index (χ1) is 10.3. The number of carbonyl (C=O) groups is 1. The van der Waals surface area contributed by atoms with E-state index in [2.05, 4.69) is 10.3 Å². The van der Waals surface area contributed by atoms with Gasteiger partial charge in [-0.2, -0.15) is 0 Å². The fourth-order valence-electron chi connectivity index (χ4n) is 2.01. The topological polar surface area (TPSA) is 60.1 Å². The van der Waals surface area contributed by atoms with Gasteiger partial charge >= 0.3 is 0 Å². The van der Waals surface area contributed by atoms with Crippen molar-refractivity contribution in [3.8, 4) is 11.3 Å². The minimum atomic E-state index is -0.0230. The fourth-order valence-corrected chi connectivity index (χ4v) is 2.01. The Morgan fingerprint density at radius 2 is 2.10 bits per heavy atom. The normalized spacial score (nSPS) is 10.5. The van der Waals surface area contributed by atoms with E-state index >= 15 is 0 Å². The second-order valence-corrected chi connectivity index (χ2v) is 4.70. The van der Waals surface area contributed by atoms with Gasteiger partial charge in [-0.25, -0.2) is 0 Å². The number of furan rings is 1. The van der Waals surface area contributed by atoms with Crippen LogP contribution in [0.4, 0.5) is 0 Å². The molecule has 3 heterocycles. The molecule has 0 radical (unpaired) electrons. The van der Waals surface area contributed by atoms with E-state index in [-0.39, 0.29) is 5.91 Å². The summed E-state index contributed by atoms with van der Waals surface area (Å²) in [6.07, 6.45) is 8.76. The van der Waals surface area contributed by atoms with Crippen molar-refractivity contribution in [2.75, 3.05) is 0 Å². The van der Waals surface area contributed by atoms with Crippen LogP contribution >= 0.6 is 0 Å². The molecule has 0 aromatic carbocycles. The maximum Gasteiger partial charge on any atom is 0.240 e. The van der Waals surface area contributed by atoms with Gasteiger partial charge in [0.1, 0.15) is 6.54 Å². The van der Waals surface area contributed by atoms with Crippen molar-refractivity contribution in [2.24, 2.45) is 0 Å². The van der Waals surface area contributed by atoms with Crippen molar-refractivity contribution in [3.63, 3.8) is 0 Å². The van der Waals surface area contributed by atoms with Crippen LogP contribution in [-0.4, -0.2) is 15.5 Å². The number of nitrogens with zero attached hydrogens (tertiary/aromatic N) is 2. The number of hydrogen-bond donors (Lipinski definition) is 1. The molecule has 5 heteroatoms. The Hall–Kier alpha value is -2.82. The van der Waals surface area contributed by atoms with Gasteiger partial charge in [0, 0.05) is 30.7 Å². The Morgan fingerprint density at radius 1 is 1.24 bits per heavy atom. The lowest BCUT2D eigenvalue weighted by molar-refractivity contribution is -0.121. The van der Waals surface area contributed by atoms with Crippen LogP contribution in [-0.2, 0) is 17.9 Å². The lowest BCUT2D eigenvalue weighted by Crippen LogP contribution is -2.26. The molecule has 0 aliphatic heterocycles. The van der Waals surface area contributed by atoms with E-state index in [9.17, 15) is 4.79 Å². The van der Waals surface area contributed by atoms with Gasteiger partial charge in [0.05, 0.1) is 18.2 Å². The first-order valence-electron chi connectivity index (χ1n) is 6.66. The summed E-state index contributed by atoms with van der Waals surface area (Å²) in [7, 11) is 0. The number of nitrogens with one attached hydrogen (secondary N) is 1. The number of rotatable bonds is 5. The van der Waals surface area contributed by atoms with E-state index in [1.54, 1.807) is 18.7 Å². The average molecular weight is 281 g/mol. The van der Waals surface area contributed by atoms with E-state index in [1.807, 2.05) is 47.3 Å². The molecule has 3 aromatic rings. The van der Waals surface area contributed by atoms with Crippen molar-refractivity contribution in [1.82, 2.24) is 14.9 Å². The van der Waals surface area contributed by atoms with Crippen LogP contribution in [0.1, 0.15) is 5.56 Å². The van der Waals surface area contributed by atoms with Gasteiger partial charge in [-0.3, -0.25) is 9.78 Å². The standard InChI is InChI=1S/C16H15N3O2/c20-16(11-19-6-1-2-7-19)18-10-13-3-4-15(17-9-13)14-5-8-21-12-14/h1-9,12H,10-11H2,(H,18,20). The summed E-state index contributed by atoms with van der Waals surface area (Å²) in [5, 5.41) is 2.87. The third kappa shape index (κ3) is 3.39. The highest BCUT2D eigenvalue weighted by molar-refractivity contribution is 5.75. The van der Waals surface area contributed by atoms with E-state index in [0.29, 0.717) is 13.1 Å². The predicted molar refractivity (Wildman–Crippen MR) is 78.2 cm³/mol. The van der Waals surface area contributed by atoms with Gasteiger partial charge in [-0.1, -0.05) is 6.07 Å². The SMILES string of the molecule is O=C(Cn1cccc1)NCc1ccc(-c2ccoc2)nc1. The van der Waals surface area contributed by atoms with E-state index < -0.39 is 0 Å². The summed E-state index contributed by atoms with van der Waals surface area (Å²) in [6, 6.07) is 9.52. The summed E-state index contributed by atoms with van der Waals surface area (Å²) >= 11 is 0. The molecule has 5 nitrogen and oxygen atoms in total. The molecule has 1 amide bonds. The van der Waals surface area contributed by atoms with E-state index in [0.717, 1.165) is 16.8 Å². The molecule has 106 valence electrons. The monoisotopic (exact) mass is 281 g/mol. The van der Waals surface area contributed by atoms with Crippen molar-refractivity contribution < 1.29 is 9.21 Å². The molecule has 0 unspecified atom stereocenters. The Bertz CT molecular complexity index is 686. The third-order valence-corrected chi connectivity index (χ3v) is 3.12. The summed E-state index contributed by atoms with van der Waals surface area (Å²) < 4.78 is 6.86. The Labute approximate surface area is 122 Å². The zero-order chi connectivity index (χ0) is 14.5. The first kappa shape index (κ1) is 13.2. The number of amides is 1. The minimum Gasteiger partial charge on any atom is -0.472 e. The largest absolute Gasteiger partial charge is 0.472 e.